The Kier molecular flexibility index (Phi) is 3.81. The van der Waals surface area contributed by atoms with Gasteiger partial charge in [-0.2, -0.15) is 4.98 Å². The molecule has 0 unspecified atom stereocenters. The Balaban J connectivity index is 1.84. The van der Waals surface area contributed by atoms with E-state index in [1.165, 1.54) is 18.5 Å². The predicted molar refractivity (Wildman–Crippen MR) is 90.0 cm³/mol. The molecule has 1 aliphatic rings. The van der Waals surface area contributed by atoms with Crippen LogP contribution in [0.25, 0.3) is 11.0 Å². The van der Waals surface area contributed by atoms with E-state index in [0.29, 0.717) is 18.7 Å². The normalized spacial score (nSPS) is 17.8. The lowest BCUT2D eigenvalue weighted by molar-refractivity contribution is 0.139. The number of aromatic nitrogens is 3. The molecule has 0 spiro atoms. The summed E-state index contributed by atoms with van der Waals surface area (Å²) in [5.41, 5.74) is 6.55. The summed E-state index contributed by atoms with van der Waals surface area (Å²) in [5, 5.41) is 0. The second-order valence-electron chi connectivity index (χ2n) is 5.69. The third-order valence-corrected chi connectivity index (χ3v) is 5.86. The number of nitrogens with one attached hydrogen (secondary N) is 1. The number of sulfone groups is 1. The van der Waals surface area contributed by atoms with Crippen LogP contribution in [0.2, 0.25) is 0 Å². The summed E-state index contributed by atoms with van der Waals surface area (Å²) in [5.74, 6) is 0.272. The van der Waals surface area contributed by atoms with E-state index in [4.69, 9.17) is 15.2 Å². The zero-order chi connectivity index (χ0) is 17.4. The number of anilines is 1. The molecule has 0 saturated carbocycles. The van der Waals surface area contributed by atoms with Gasteiger partial charge in [0.1, 0.15) is 34.2 Å². The highest BCUT2D eigenvalue weighted by molar-refractivity contribution is 7.92. The number of nitrogens with zero attached hydrogens (tertiary/aromatic N) is 2. The molecule has 3 N–H and O–H groups in total. The largest absolute Gasteiger partial charge is 0.470 e. The van der Waals surface area contributed by atoms with Crippen LogP contribution in [0.15, 0.2) is 46.5 Å². The molecular weight excluding hydrogens is 344 g/mol. The monoisotopic (exact) mass is 360 g/mol. The highest BCUT2D eigenvalue weighted by atomic mass is 32.2. The van der Waals surface area contributed by atoms with Gasteiger partial charge in [0.25, 0.3) is 0 Å². The zero-order valence-corrected chi connectivity index (χ0v) is 14.0. The topological polar surface area (TPSA) is 120 Å². The number of rotatable bonds is 4. The van der Waals surface area contributed by atoms with Crippen molar-refractivity contribution in [1.29, 1.82) is 0 Å². The molecule has 1 saturated heterocycles. The van der Waals surface area contributed by atoms with Crippen LogP contribution in [0.3, 0.4) is 0 Å². The average molecular weight is 360 g/mol. The number of benzene rings is 1. The van der Waals surface area contributed by atoms with E-state index in [0.717, 1.165) is 6.42 Å². The SMILES string of the molecule is Nc1[nH]c2c(O[C@@H]3CCOC3)ncnc2c1S(=O)(=O)c1ccccc1. The molecule has 0 radical (unpaired) electrons. The van der Waals surface area contributed by atoms with Crippen molar-refractivity contribution < 1.29 is 17.9 Å². The zero-order valence-electron chi connectivity index (χ0n) is 13.2. The number of hydrogen-bond donors (Lipinski definition) is 2. The fourth-order valence-corrected chi connectivity index (χ4v) is 4.32. The number of aromatic amines is 1. The molecule has 3 aromatic rings. The van der Waals surface area contributed by atoms with Gasteiger partial charge in [-0.25, -0.2) is 13.4 Å². The molecule has 0 aliphatic carbocycles. The van der Waals surface area contributed by atoms with Crippen molar-refractivity contribution >= 4 is 26.7 Å². The Hall–Kier alpha value is -2.65. The van der Waals surface area contributed by atoms with Gasteiger partial charge in [0.05, 0.1) is 18.1 Å². The maximum Gasteiger partial charge on any atom is 0.241 e. The predicted octanol–water partition coefficient (Wildman–Crippen LogP) is 1.54. The van der Waals surface area contributed by atoms with Gasteiger partial charge in [-0.1, -0.05) is 18.2 Å². The van der Waals surface area contributed by atoms with Crippen LogP contribution < -0.4 is 10.5 Å². The van der Waals surface area contributed by atoms with E-state index < -0.39 is 9.84 Å². The van der Waals surface area contributed by atoms with Crippen molar-refractivity contribution in [2.75, 3.05) is 18.9 Å². The second kappa shape index (κ2) is 6.01. The standard InChI is InChI=1S/C16H16N4O4S/c17-15-14(25(21,22)11-4-2-1-3-5-11)12-13(20-15)16(19-9-18-12)24-10-6-7-23-8-10/h1-5,9-10,20H,6-8,17H2/t10-/m1/s1. The van der Waals surface area contributed by atoms with Crippen LogP contribution in [0.1, 0.15) is 6.42 Å². The van der Waals surface area contributed by atoms with Gasteiger partial charge in [0.2, 0.25) is 15.7 Å². The van der Waals surface area contributed by atoms with Crippen molar-refractivity contribution in [2.45, 2.75) is 22.3 Å². The van der Waals surface area contributed by atoms with Crippen molar-refractivity contribution in [3.8, 4) is 5.88 Å². The van der Waals surface area contributed by atoms with Crippen LogP contribution in [0.5, 0.6) is 5.88 Å². The molecule has 3 heterocycles. The maximum atomic E-state index is 13.0. The van der Waals surface area contributed by atoms with Gasteiger partial charge in [-0.3, -0.25) is 0 Å². The van der Waals surface area contributed by atoms with Crippen molar-refractivity contribution in [3.05, 3.63) is 36.7 Å². The molecule has 2 aromatic heterocycles. The summed E-state index contributed by atoms with van der Waals surface area (Å²) in [4.78, 5) is 11.2. The smallest absolute Gasteiger partial charge is 0.241 e. The minimum atomic E-state index is -3.82. The Labute approximate surface area is 143 Å². The van der Waals surface area contributed by atoms with Crippen molar-refractivity contribution in [1.82, 2.24) is 15.0 Å². The van der Waals surface area contributed by atoms with Gasteiger partial charge in [-0.05, 0) is 12.1 Å². The first-order chi connectivity index (χ1) is 12.1. The number of hydrogen-bond acceptors (Lipinski definition) is 7. The van der Waals surface area contributed by atoms with Crippen LogP contribution in [0, 0.1) is 0 Å². The van der Waals surface area contributed by atoms with E-state index >= 15 is 0 Å². The van der Waals surface area contributed by atoms with E-state index in [1.54, 1.807) is 18.2 Å². The first-order valence-electron chi connectivity index (χ1n) is 7.74. The average Bonchev–Trinajstić information content (AvgIpc) is 3.23. The lowest BCUT2D eigenvalue weighted by atomic mass is 10.3. The summed E-state index contributed by atoms with van der Waals surface area (Å²) in [6.45, 7) is 1.09. The minimum Gasteiger partial charge on any atom is -0.470 e. The minimum absolute atomic E-state index is 0.00637. The Morgan fingerprint density at radius 2 is 2.04 bits per heavy atom. The molecule has 1 aromatic carbocycles. The van der Waals surface area contributed by atoms with Crippen LogP contribution in [-0.2, 0) is 14.6 Å². The van der Waals surface area contributed by atoms with E-state index in [2.05, 4.69) is 15.0 Å². The third kappa shape index (κ3) is 2.71. The fraction of sp³-hybridized carbons (Fsp3) is 0.250. The highest BCUT2D eigenvalue weighted by Gasteiger charge is 2.29. The van der Waals surface area contributed by atoms with Gasteiger partial charge in [-0.15, -0.1) is 0 Å². The molecule has 0 bridgehead atoms. The molecule has 25 heavy (non-hydrogen) atoms. The van der Waals surface area contributed by atoms with E-state index in [9.17, 15) is 8.42 Å². The molecule has 8 nitrogen and oxygen atoms in total. The van der Waals surface area contributed by atoms with Gasteiger partial charge in [0.15, 0.2) is 0 Å². The summed E-state index contributed by atoms with van der Waals surface area (Å²) < 4.78 is 37.0. The van der Waals surface area contributed by atoms with Crippen molar-refractivity contribution in [2.24, 2.45) is 0 Å². The summed E-state index contributed by atoms with van der Waals surface area (Å²) in [6.07, 6.45) is 1.89. The third-order valence-electron chi connectivity index (χ3n) is 4.02. The van der Waals surface area contributed by atoms with Gasteiger partial charge < -0.3 is 20.2 Å². The van der Waals surface area contributed by atoms with E-state index in [1.807, 2.05) is 0 Å². The summed E-state index contributed by atoms with van der Waals surface area (Å²) >= 11 is 0. The summed E-state index contributed by atoms with van der Waals surface area (Å²) in [6, 6.07) is 8.09. The summed E-state index contributed by atoms with van der Waals surface area (Å²) in [7, 11) is -3.82. The first-order valence-corrected chi connectivity index (χ1v) is 9.22. The quantitative estimate of drug-likeness (QED) is 0.724. The molecule has 130 valence electrons. The number of nitrogen functional groups attached to an aromatic ring is 1. The number of ether oxygens (including phenoxy) is 2. The number of fused-ring (bicyclic) bond motifs is 1. The Morgan fingerprint density at radius 1 is 1.24 bits per heavy atom. The van der Waals surface area contributed by atoms with Crippen LogP contribution >= 0.6 is 0 Å². The van der Waals surface area contributed by atoms with Crippen molar-refractivity contribution in [3.63, 3.8) is 0 Å². The lowest BCUT2D eigenvalue weighted by Crippen LogP contribution is -2.16. The van der Waals surface area contributed by atoms with Gasteiger partial charge >= 0.3 is 0 Å². The molecule has 1 atom stereocenters. The second-order valence-corrected chi connectivity index (χ2v) is 7.58. The Bertz CT molecular complexity index is 1010. The molecular formula is C16H16N4O4S. The molecule has 9 heteroatoms. The first kappa shape index (κ1) is 15.9. The van der Waals surface area contributed by atoms with Crippen LogP contribution in [0.4, 0.5) is 5.82 Å². The number of H-pyrrole nitrogens is 1. The Morgan fingerprint density at radius 3 is 2.76 bits per heavy atom. The highest BCUT2D eigenvalue weighted by Crippen LogP contribution is 2.35. The molecule has 1 aliphatic heterocycles. The van der Waals surface area contributed by atoms with Gasteiger partial charge in [0, 0.05) is 6.42 Å². The molecule has 4 rings (SSSR count). The van der Waals surface area contributed by atoms with E-state index in [-0.39, 0.29) is 33.1 Å². The number of nitrogens with two attached hydrogens (primary N) is 1. The maximum absolute atomic E-state index is 13.0. The van der Waals surface area contributed by atoms with Crippen LogP contribution in [-0.4, -0.2) is 42.7 Å². The lowest BCUT2D eigenvalue weighted by Gasteiger charge is -2.10. The molecule has 0 amide bonds. The molecule has 1 fully saturated rings. The fourth-order valence-electron chi connectivity index (χ4n) is 2.82.